The monoisotopic (exact) mass is 490 g/mol. The third kappa shape index (κ3) is 11.4. The Morgan fingerprint density at radius 3 is 1.85 bits per heavy atom. The number of halogens is 6. The number of nitrogens with zero attached hydrogens (tertiary/aromatic N) is 1. The Bertz CT molecular complexity index is 804. The maximum absolute atomic E-state index is 12.0. The summed E-state index contributed by atoms with van der Waals surface area (Å²) in [6.45, 7) is 5.98. The quantitative estimate of drug-likeness (QED) is 0.407. The fourth-order valence-electron chi connectivity index (χ4n) is 2.27. The molecule has 1 aromatic heterocycles. The maximum Gasteiger partial charge on any atom is 0.490 e. The molecule has 0 saturated carbocycles. The molecule has 0 unspecified atom stereocenters. The zero-order valence-corrected chi connectivity index (χ0v) is 17.8. The summed E-state index contributed by atoms with van der Waals surface area (Å²) in [4.78, 5) is 34.4. The highest BCUT2D eigenvalue weighted by atomic mass is 19.4. The standard InChI is InChI=1S/C14H22N4O.2C2HF3O2/c1-9(2)17-13-11(14(19)15-3)8-10-4-6-16-7-5-12(10)18-13;2*3-2(4,5)1(6)7/h8-9,16H,4-7H2,1-3H3,(H,15,19)(H,17,18);2*(H,6,7). The summed E-state index contributed by atoms with van der Waals surface area (Å²) in [5.41, 5.74) is 2.91. The van der Waals surface area contributed by atoms with Gasteiger partial charge in [0.2, 0.25) is 0 Å². The number of hydrogen-bond donors (Lipinski definition) is 5. The Hall–Kier alpha value is -3.10. The minimum Gasteiger partial charge on any atom is -0.475 e. The lowest BCUT2D eigenvalue weighted by Gasteiger charge is -2.16. The van der Waals surface area contributed by atoms with E-state index in [0.717, 1.165) is 31.6 Å². The van der Waals surface area contributed by atoms with E-state index in [1.54, 1.807) is 7.05 Å². The van der Waals surface area contributed by atoms with Crippen LogP contribution in [-0.2, 0) is 22.4 Å². The van der Waals surface area contributed by atoms with Crippen molar-refractivity contribution in [3.63, 3.8) is 0 Å². The number of carbonyl (C=O) groups excluding carboxylic acids is 1. The van der Waals surface area contributed by atoms with Crippen LogP contribution in [0, 0.1) is 0 Å². The second kappa shape index (κ2) is 12.8. The summed E-state index contributed by atoms with van der Waals surface area (Å²) >= 11 is 0. The van der Waals surface area contributed by atoms with Gasteiger partial charge in [0.15, 0.2) is 0 Å². The van der Waals surface area contributed by atoms with Crippen LogP contribution in [0.1, 0.15) is 35.5 Å². The fraction of sp³-hybridized carbons (Fsp3) is 0.556. The number of aliphatic carboxylic acids is 2. The van der Waals surface area contributed by atoms with Crippen molar-refractivity contribution < 1.29 is 50.9 Å². The second-order valence-corrected chi connectivity index (χ2v) is 6.72. The Morgan fingerprint density at radius 2 is 1.45 bits per heavy atom. The summed E-state index contributed by atoms with van der Waals surface area (Å²) in [7, 11) is 1.65. The molecule has 1 amide bonds. The normalized spacial score (nSPS) is 13.3. The number of anilines is 1. The zero-order chi connectivity index (χ0) is 26.0. The van der Waals surface area contributed by atoms with E-state index < -0.39 is 24.3 Å². The van der Waals surface area contributed by atoms with Crippen molar-refractivity contribution in [3.05, 3.63) is 22.9 Å². The molecule has 1 aliphatic heterocycles. The number of nitrogens with one attached hydrogen (secondary N) is 3. The minimum atomic E-state index is -5.08. The molecule has 0 aromatic carbocycles. The van der Waals surface area contributed by atoms with Crippen LogP contribution in [0.5, 0.6) is 0 Å². The van der Waals surface area contributed by atoms with Crippen molar-refractivity contribution in [1.29, 1.82) is 0 Å². The number of carboxylic acids is 2. The molecule has 9 nitrogen and oxygen atoms in total. The number of carbonyl (C=O) groups is 3. The van der Waals surface area contributed by atoms with Gasteiger partial charge in [-0.25, -0.2) is 14.6 Å². The molecular weight excluding hydrogens is 466 g/mol. The van der Waals surface area contributed by atoms with E-state index in [9.17, 15) is 31.1 Å². The molecule has 15 heteroatoms. The molecule has 2 rings (SSSR count). The van der Waals surface area contributed by atoms with E-state index in [1.807, 2.05) is 19.9 Å². The number of hydrogen-bond acceptors (Lipinski definition) is 6. The molecule has 2 heterocycles. The first-order chi connectivity index (χ1) is 15.0. The lowest BCUT2D eigenvalue weighted by molar-refractivity contribution is -0.193. The third-order valence-corrected chi connectivity index (χ3v) is 3.68. The molecule has 0 spiro atoms. The molecule has 188 valence electrons. The highest BCUT2D eigenvalue weighted by Crippen LogP contribution is 2.21. The van der Waals surface area contributed by atoms with Gasteiger partial charge in [0.05, 0.1) is 5.56 Å². The molecule has 0 saturated heterocycles. The van der Waals surface area contributed by atoms with Crippen molar-refractivity contribution in [2.75, 3.05) is 25.5 Å². The van der Waals surface area contributed by atoms with Crippen molar-refractivity contribution in [2.45, 2.75) is 45.1 Å². The van der Waals surface area contributed by atoms with E-state index >= 15 is 0 Å². The van der Waals surface area contributed by atoms with Gasteiger partial charge in [-0.05, 0) is 38.4 Å². The molecule has 0 fully saturated rings. The average molecular weight is 490 g/mol. The van der Waals surface area contributed by atoms with Crippen LogP contribution in [0.25, 0.3) is 0 Å². The van der Waals surface area contributed by atoms with Crippen LogP contribution in [0.3, 0.4) is 0 Å². The lowest BCUT2D eigenvalue weighted by Crippen LogP contribution is -2.23. The van der Waals surface area contributed by atoms with Crippen LogP contribution in [0.15, 0.2) is 6.07 Å². The van der Waals surface area contributed by atoms with Crippen LogP contribution < -0.4 is 16.0 Å². The van der Waals surface area contributed by atoms with Crippen molar-refractivity contribution in [2.24, 2.45) is 0 Å². The average Bonchev–Trinajstić information content (AvgIpc) is 2.90. The number of alkyl halides is 6. The minimum absolute atomic E-state index is 0.0874. The van der Waals surface area contributed by atoms with E-state index in [-0.39, 0.29) is 11.9 Å². The van der Waals surface area contributed by atoms with E-state index in [0.29, 0.717) is 11.4 Å². The smallest absolute Gasteiger partial charge is 0.475 e. The van der Waals surface area contributed by atoms with E-state index in [4.69, 9.17) is 19.8 Å². The summed E-state index contributed by atoms with van der Waals surface area (Å²) in [5.74, 6) is -4.91. The van der Waals surface area contributed by atoms with Gasteiger partial charge < -0.3 is 26.2 Å². The Kier molecular flexibility index (Phi) is 11.6. The Morgan fingerprint density at radius 1 is 1.00 bits per heavy atom. The fourth-order valence-corrected chi connectivity index (χ4v) is 2.27. The molecule has 33 heavy (non-hydrogen) atoms. The summed E-state index contributed by atoms with van der Waals surface area (Å²) in [6, 6.07) is 2.23. The molecule has 5 N–H and O–H groups in total. The highest BCUT2D eigenvalue weighted by Gasteiger charge is 2.38. The molecule has 0 radical (unpaired) electrons. The lowest BCUT2D eigenvalue weighted by atomic mass is 10.0. The number of aromatic nitrogens is 1. The zero-order valence-electron chi connectivity index (χ0n) is 17.8. The molecule has 0 aliphatic carbocycles. The number of pyridine rings is 1. The highest BCUT2D eigenvalue weighted by molar-refractivity contribution is 5.98. The van der Waals surface area contributed by atoms with Gasteiger partial charge in [-0.15, -0.1) is 0 Å². The molecule has 1 aliphatic rings. The molecule has 0 atom stereocenters. The van der Waals surface area contributed by atoms with Crippen molar-refractivity contribution in [1.82, 2.24) is 15.6 Å². The van der Waals surface area contributed by atoms with Crippen LogP contribution in [0.2, 0.25) is 0 Å². The van der Waals surface area contributed by atoms with Gasteiger partial charge in [0.25, 0.3) is 5.91 Å². The van der Waals surface area contributed by atoms with Gasteiger partial charge >= 0.3 is 24.3 Å². The summed E-state index contributed by atoms with van der Waals surface area (Å²) in [5, 5.41) is 23.6. The predicted octanol–water partition coefficient (Wildman–Crippen LogP) is 2.22. The van der Waals surface area contributed by atoms with E-state index in [1.165, 1.54) is 5.56 Å². The first-order valence-corrected chi connectivity index (χ1v) is 9.33. The number of carboxylic acid groups (broad SMARTS) is 2. The van der Waals surface area contributed by atoms with Crippen molar-refractivity contribution in [3.8, 4) is 0 Å². The SMILES string of the molecule is CNC(=O)c1cc2c(nc1NC(C)C)CCNCC2.O=C(O)C(F)(F)F.O=C(O)C(F)(F)F. The second-order valence-electron chi connectivity index (χ2n) is 6.72. The van der Waals surface area contributed by atoms with Crippen molar-refractivity contribution >= 4 is 23.7 Å². The summed E-state index contributed by atoms with van der Waals surface area (Å²) in [6.07, 6.45) is -8.33. The van der Waals surface area contributed by atoms with Crippen LogP contribution in [0.4, 0.5) is 32.2 Å². The predicted molar refractivity (Wildman–Crippen MR) is 104 cm³/mol. The Balaban J connectivity index is 0.000000605. The molecule has 1 aromatic rings. The van der Waals surface area contributed by atoms with Crippen LogP contribution >= 0.6 is 0 Å². The Labute approximate surface area is 184 Å². The maximum atomic E-state index is 12.0. The van der Waals surface area contributed by atoms with Gasteiger partial charge in [0.1, 0.15) is 5.82 Å². The molecule has 0 bridgehead atoms. The van der Waals surface area contributed by atoms with E-state index in [2.05, 4.69) is 20.9 Å². The van der Waals surface area contributed by atoms with Crippen LogP contribution in [-0.4, -0.2) is 71.6 Å². The third-order valence-electron chi connectivity index (χ3n) is 3.68. The largest absolute Gasteiger partial charge is 0.490 e. The molecular formula is C18H24F6N4O5. The van der Waals surface area contributed by atoms with Gasteiger partial charge in [-0.2, -0.15) is 26.3 Å². The van der Waals surface area contributed by atoms with Gasteiger partial charge in [-0.1, -0.05) is 0 Å². The number of fused-ring (bicyclic) bond motifs is 1. The number of rotatable bonds is 3. The van der Waals surface area contributed by atoms with Gasteiger partial charge in [0, 0.05) is 31.7 Å². The first-order valence-electron chi connectivity index (χ1n) is 9.33. The number of amides is 1. The topological polar surface area (TPSA) is 141 Å². The first kappa shape index (κ1) is 29.9. The summed E-state index contributed by atoms with van der Waals surface area (Å²) < 4.78 is 63.5. The van der Waals surface area contributed by atoms with Gasteiger partial charge in [-0.3, -0.25) is 4.79 Å².